The molecule has 1 aromatic heterocycles. The van der Waals surface area contributed by atoms with E-state index < -0.39 is 5.97 Å². The van der Waals surface area contributed by atoms with Crippen molar-refractivity contribution in [1.82, 2.24) is 4.98 Å². The number of hydrogen-bond acceptors (Lipinski definition) is 4. The van der Waals surface area contributed by atoms with Gasteiger partial charge in [0.05, 0.1) is 15.8 Å². The van der Waals surface area contributed by atoms with E-state index in [1.807, 2.05) is 25.1 Å². The molecule has 0 bridgehead atoms. The van der Waals surface area contributed by atoms with Gasteiger partial charge in [-0.15, -0.1) is 0 Å². The SMILES string of the molecule is CCC(Sc1ccccn1)C(=O)Nc1ccc(C(=O)O)cc1. The number of rotatable bonds is 6. The molecule has 22 heavy (non-hydrogen) atoms. The zero-order valence-electron chi connectivity index (χ0n) is 12.0. The minimum Gasteiger partial charge on any atom is -0.478 e. The molecule has 1 amide bonds. The van der Waals surface area contributed by atoms with Crippen LogP contribution in [0, 0.1) is 0 Å². The molecule has 1 heterocycles. The summed E-state index contributed by atoms with van der Waals surface area (Å²) in [5.41, 5.74) is 0.767. The Balaban J connectivity index is 2.01. The monoisotopic (exact) mass is 316 g/mol. The highest BCUT2D eigenvalue weighted by Crippen LogP contribution is 2.24. The van der Waals surface area contributed by atoms with E-state index in [4.69, 9.17) is 5.11 Å². The summed E-state index contributed by atoms with van der Waals surface area (Å²) in [6.45, 7) is 1.94. The molecule has 0 radical (unpaired) electrons. The molecule has 2 aromatic rings. The number of nitrogens with zero attached hydrogens (tertiary/aromatic N) is 1. The maximum Gasteiger partial charge on any atom is 0.335 e. The topological polar surface area (TPSA) is 79.3 Å². The first-order chi connectivity index (χ1) is 10.6. The Morgan fingerprint density at radius 1 is 1.23 bits per heavy atom. The third-order valence-electron chi connectivity index (χ3n) is 2.96. The van der Waals surface area contributed by atoms with E-state index >= 15 is 0 Å². The van der Waals surface area contributed by atoms with Gasteiger partial charge in [-0.05, 0) is 42.8 Å². The van der Waals surface area contributed by atoms with Crippen molar-refractivity contribution in [2.45, 2.75) is 23.6 Å². The summed E-state index contributed by atoms with van der Waals surface area (Å²) >= 11 is 1.41. The summed E-state index contributed by atoms with van der Waals surface area (Å²) < 4.78 is 0. The minimum atomic E-state index is -0.991. The van der Waals surface area contributed by atoms with Crippen molar-refractivity contribution in [3.63, 3.8) is 0 Å². The van der Waals surface area contributed by atoms with E-state index in [2.05, 4.69) is 10.3 Å². The van der Waals surface area contributed by atoms with Gasteiger partial charge < -0.3 is 10.4 Å². The molecule has 0 fully saturated rings. The van der Waals surface area contributed by atoms with Gasteiger partial charge in [0.1, 0.15) is 0 Å². The molecule has 1 unspecified atom stereocenters. The van der Waals surface area contributed by atoms with Crippen LogP contribution in [0.15, 0.2) is 53.7 Å². The number of carbonyl (C=O) groups is 2. The molecule has 0 spiro atoms. The van der Waals surface area contributed by atoms with Crippen molar-refractivity contribution in [1.29, 1.82) is 0 Å². The molecule has 0 aliphatic heterocycles. The van der Waals surface area contributed by atoms with Crippen LogP contribution in [0.4, 0.5) is 5.69 Å². The molecule has 0 saturated carbocycles. The lowest BCUT2D eigenvalue weighted by atomic mass is 10.2. The Kier molecular flexibility index (Phi) is 5.55. The number of amides is 1. The molecule has 0 aliphatic carbocycles. The number of aromatic nitrogens is 1. The van der Waals surface area contributed by atoms with Gasteiger partial charge in [0.15, 0.2) is 0 Å². The van der Waals surface area contributed by atoms with Gasteiger partial charge in [-0.25, -0.2) is 9.78 Å². The smallest absolute Gasteiger partial charge is 0.335 e. The molecule has 2 rings (SSSR count). The second-order valence-corrected chi connectivity index (χ2v) is 5.78. The Labute approximate surface area is 132 Å². The highest BCUT2D eigenvalue weighted by molar-refractivity contribution is 8.00. The molecule has 6 heteroatoms. The zero-order valence-corrected chi connectivity index (χ0v) is 12.8. The van der Waals surface area contributed by atoms with Crippen molar-refractivity contribution in [3.05, 3.63) is 54.2 Å². The van der Waals surface area contributed by atoms with Crippen LogP contribution in [0.2, 0.25) is 0 Å². The van der Waals surface area contributed by atoms with E-state index in [-0.39, 0.29) is 16.7 Å². The predicted molar refractivity (Wildman–Crippen MR) is 86.2 cm³/mol. The second kappa shape index (κ2) is 7.61. The largest absolute Gasteiger partial charge is 0.478 e. The molecule has 1 atom stereocenters. The van der Waals surface area contributed by atoms with Crippen LogP contribution < -0.4 is 5.32 Å². The maximum atomic E-state index is 12.3. The number of anilines is 1. The number of carboxylic acid groups (broad SMARTS) is 1. The van der Waals surface area contributed by atoms with Crippen molar-refractivity contribution in [2.75, 3.05) is 5.32 Å². The lowest BCUT2D eigenvalue weighted by molar-refractivity contribution is -0.115. The number of hydrogen-bond donors (Lipinski definition) is 2. The predicted octanol–water partition coefficient (Wildman–Crippen LogP) is 3.29. The average molecular weight is 316 g/mol. The third-order valence-corrected chi connectivity index (χ3v) is 4.28. The van der Waals surface area contributed by atoms with Crippen molar-refractivity contribution in [3.8, 4) is 0 Å². The van der Waals surface area contributed by atoms with E-state index in [9.17, 15) is 9.59 Å². The number of aromatic carboxylic acids is 1. The maximum absolute atomic E-state index is 12.3. The van der Waals surface area contributed by atoms with Crippen LogP contribution in [0.25, 0.3) is 0 Å². The lowest BCUT2D eigenvalue weighted by Crippen LogP contribution is -2.24. The fourth-order valence-corrected chi connectivity index (χ4v) is 2.71. The number of nitrogens with one attached hydrogen (secondary N) is 1. The van der Waals surface area contributed by atoms with Crippen LogP contribution in [0.5, 0.6) is 0 Å². The molecule has 0 aliphatic rings. The van der Waals surface area contributed by atoms with E-state index in [1.165, 1.54) is 23.9 Å². The van der Waals surface area contributed by atoms with Gasteiger partial charge in [0, 0.05) is 11.9 Å². The molecule has 1 aromatic carbocycles. The number of carbonyl (C=O) groups excluding carboxylic acids is 1. The molecule has 114 valence electrons. The molecule has 5 nitrogen and oxygen atoms in total. The van der Waals surface area contributed by atoms with Crippen LogP contribution >= 0.6 is 11.8 Å². The van der Waals surface area contributed by atoms with Gasteiger partial charge in [-0.1, -0.05) is 24.8 Å². The lowest BCUT2D eigenvalue weighted by Gasteiger charge is -2.14. The van der Waals surface area contributed by atoms with E-state index in [0.29, 0.717) is 12.1 Å². The number of pyridine rings is 1. The second-order valence-electron chi connectivity index (χ2n) is 4.55. The quantitative estimate of drug-likeness (QED) is 0.799. The van der Waals surface area contributed by atoms with Crippen LogP contribution in [-0.4, -0.2) is 27.2 Å². The first-order valence-corrected chi connectivity index (χ1v) is 7.70. The Morgan fingerprint density at radius 3 is 2.50 bits per heavy atom. The molecular weight excluding hydrogens is 300 g/mol. The van der Waals surface area contributed by atoms with Crippen molar-refractivity contribution >= 4 is 29.3 Å². The average Bonchev–Trinajstić information content (AvgIpc) is 2.54. The highest BCUT2D eigenvalue weighted by atomic mass is 32.2. The third kappa shape index (κ3) is 4.33. The Morgan fingerprint density at radius 2 is 1.95 bits per heavy atom. The van der Waals surface area contributed by atoms with Crippen LogP contribution in [-0.2, 0) is 4.79 Å². The number of benzene rings is 1. The summed E-state index contributed by atoms with van der Waals surface area (Å²) in [6, 6.07) is 11.7. The summed E-state index contributed by atoms with van der Waals surface area (Å²) in [7, 11) is 0. The summed E-state index contributed by atoms with van der Waals surface area (Å²) in [5, 5.41) is 12.2. The van der Waals surface area contributed by atoms with Crippen molar-refractivity contribution < 1.29 is 14.7 Å². The molecular formula is C16H16N2O3S. The van der Waals surface area contributed by atoms with Crippen molar-refractivity contribution in [2.24, 2.45) is 0 Å². The minimum absolute atomic E-state index is 0.124. The standard InChI is InChI=1S/C16H16N2O3S/c1-2-13(22-14-5-3-4-10-17-14)15(19)18-12-8-6-11(7-9-12)16(20)21/h3-10,13H,2H2,1H3,(H,18,19)(H,20,21). The summed E-state index contributed by atoms with van der Waals surface area (Å²) in [6.07, 6.45) is 2.36. The Bertz CT molecular complexity index is 644. The highest BCUT2D eigenvalue weighted by Gasteiger charge is 2.18. The molecule has 0 saturated heterocycles. The van der Waals surface area contributed by atoms with Crippen LogP contribution in [0.1, 0.15) is 23.7 Å². The summed E-state index contributed by atoms with van der Waals surface area (Å²) in [5.74, 6) is -1.11. The van der Waals surface area contributed by atoms with Gasteiger partial charge in [-0.2, -0.15) is 0 Å². The first-order valence-electron chi connectivity index (χ1n) is 6.82. The van der Waals surface area contributed by atoms with E-state index in [1.54, 1.807) is 18.3 Å². The normalized spacial score (nSPS) is 11.7. The van der Waals surface area contributed by atoms with Crippen LogP contribution in [0.3, 0.4) is 0 Å². The zero-order chi connectivity index (χ0) is 15.9. The van der Waals surface area contributed by atoms with Gasteiger partial charge >= 0.3 is 5.97 Å². The molecule has 2 N–H and O–H groups in total. The fourth-order valence-electron chi connectivity index (χ4n) is 1.80. The number of thioether (sulfide) groups is 1. The first kappa shape index (κ1) is 16.0. The van der Waals surface area contributed by atoms with Gasteiger partial charge in [0.2, 0.25) is 5.91 Å². The Hall–Kier alpha value is -2.34. The summed E-state index contributed by atoms with van der Waals surface area (Å²) in [4.78, 5) is 27.3. The fraction of sp³-hybridized carbons (Fsp3) is 0.188. The van der Waals surface area contributed by atoms with E-state index in [0.717, 1.165) is 5.03 Å². The van der Waals surface area contributed by atoms with Gasteiger partial charge in [0.25, 0.3) is 0 Å². The van der Waals surface area contributed by atoms with Gasteiger partial charge in [-0.3, -0.25) is 4.79 Å². The number of carboxylic acids is 1.